The number of hydrogen-bond acceptors (Lipinski definition) is 4. The van der Waals surface area contributed by atoms with Gasteiger partial charge in [-0.25, -0.2) is 0 Å². The van der Waals surface area contributed by atoms with Crippen LogP contribution in [-0.2, 0) is 7.05 Å². The van der Waals surface area contributed by atoms with E-state index in [-0.39, 0.29) is 11.9 Å². The molecule has 6 heteroatoms. The second-order valence-corrected chi connectivity index (χ2v) is 6.88. The Hall–Kier alpha value is -2.50. The maximum Gasteiger partial charge on any atom is 0.255 e. The zero-order valence-electron chi connectivity index (χ0n) is 14.6. The van der Waals surface area contributed by atoms with E-state index in [0.29, 0.717) is 36.1 Å². The van der Waals surface area contributed by atoms with E-state index in [9.17, 15) is 4.79 Å². The maximum atomic E-state index is 12.7. The number of aromatic nitrogens is 2. The third-order valence-corrected chi connectivity index (χ3v) is 4.78. The number of ether oxygens (including phenoxy) is 2. The van der Waals surface area contributed by atoms with Gasteiger partial charge in [0.1, 0.15) is 5.69 Å². The minimum Gasteiger partial charge on any atom is -0.490 e. The predicted octanol–water partition coefficient (Wildman–Crippen LogP) is 2.78. The molecule has 1 amide bonds. The monoisotopic (exact) mass is 341 g/mol. The first-order valence-corrected chi connectivity index (χ1v) is 8.86. The topological polar surface area (TPSA) is 65.4 Å². The molecular weight excluding hydrogens is 318 g/mol. The van der Waals surface area contributed by atoms with Crippen molar-refractivity contribution >= 4 is 5.91 Å². The van der Waals surface area contributed by atoms with Crippen molar-refractivity contribution < 1.29 is 14.3 Å². The molecule has 25 heavy (non-hydrogen) atoms. The zero-order valence-corrected chi connectivity index (χ0v) is 14.6. The highest BCUT2D eigenvalue weighted by Crippen LogP contribution is 2.35. The van der Waals surface area contributed by atoms with Crippen molar-refractivity contribution in [1.82, 2.24) is 15.1 Å². The largest absolute Gasteiger partial charge is 0.490 e. The lowest BCUT2D eigenvalue weighted by molar-refractivity contribution is 0.0936. The fourth-order valence-corrected chi connectivity index (χ4v) is 3.18. The van der Waals surface area contributed by atoms with Gasteiger partial charge in [0, 0.05) is 31.3 Å². The van der Waals surface area contributed by atoms with Crippen LogP contribution in [0.5, 0.6) is 11.5 Å². The summed E-state index contributed by atoms with van der Waals surface area (Å²) in [6.07, 6.45) is 5.03. The molecule has 132 valence electrons. The van der Waals surface area contributed by atoms with Crippen LogP contribution in [0.2, 0.25) is 0 Å². The lowest BCUT2D eigenvalue weighted by atomic mass is 10.1. The minimum absolute atomic E-state index is 0.0744. The number of nitrogens with zero attached hydrogens (tertiary/aromatic N) is 2. The van der Waals surface area contributed by atoms with Crippen LogP contribution in [0.1, 0.15) is 36.5 Å². The number of amides is 1. The Kier molecular flexibility index (Phi) is 4.11. The van der Waals surface area contributed by atoms with Crippen LogP contribution in [0, 0.1) is 5.92 Å². The van der Waals surface area contributed by atoms with Gasteiger partial charge in [0.2, 0.25) is 0 Å². The number of hydrogen-bond donors (Lipinski definition) is 1. The summed E-state index contributed by atoms with van der Waals surface area (Å²) in [5, 5.41) is 7.61. The standard InChI is InChI=1S/C19H23N3O3/c1-12(13-4-5-13)20-19(23)15-11-22(2)21-18(15)14-6-7-16-17(10-14)25-9-3-8-24-16/h6-7,10-13H,3-5,8-9H2,1-2H3,(H,20,23). The summed E-state index contributed by atoms with van der Waals surface area (Å²) in [4.78, 5) is 12.7. The number of rotatable bonds is 4. The number of nitrogens with one attached hydrogen (secondary N) is 1. The van der Waals surface area contributed by atoms with Crippen molar-refractivity contribution in [2.45, 2.75) is 32.2 Å². The molecule has 1 N–H and O–H groups in total. The average Bonchev–Trinajstić information content (AvgIpc) is 3.40. The summed E-state index contributed by atoms with van der Waals surface area (Å²) < 4.78 is 13.1. The smallest absolute Gasteiger partial charge is 0.255 e. The zero-order chi connectivity index (χ0) is 17.4. The van der Waals surface area contributed by atoms with E-state index in [4.69, 9.17) is 9.47 Å². The van der Waals surface area contributed by atoms with Gasteiger partial charge in [-0.1, -0.05) is 0 Å². The van der Waals surface area contributed by atoms with Gasteiger partial charge in [0.15, 0.2) is 11.5 Å². The van der Waals surface area contributed by atoms with Gasteiger partial charge in [-0.3, -0.25) is 9.48 Å². The number of carbonyl (C=O) groups is 1. The molecule has 1 atom stereocenters. The summed E-state index contributed by atoms with van der Waals surface area (Å²) in [7, 11) is 1.83. The summed E-state index contributed by atoms with van der Waals surface area (Å²) in [5.41, 5.74) is 2.11. The Morgan fingerprint density at radius 3 is 2.80 bits per heavy atom. The van der Waals surface area contributed by atoms with Crippen molar-refractivity contribution in [3.05, 3.63) is 30.0 Å². The Morgan fingerprint density at radius 1 is 1.28 bits per heavy atom. The van der Waals surface area contributed by atoms with Crippen molar-refractivity contribution in [3.8, 4) is 22.8 Å². The Bertz CT molecular complexity index is 795. The van der Waals surface area contributed by atoms with E-state index < -0.39 is 0 Å². The molecule has 4 rings (SSSR count). The van der Waals surface area contributed by atoms with Crippen LogP contribution >= 0.6 is 0 Å². The highest BCUT2D eigenvalue weighted by molar-refractivity contribution is 6.00. The van der Waals surface area contributed by atoms with Crippen molar-refractivity contribution in [2.75, 3.05) is 13.2 Å². The molecule has 6 nitrogen and oxygen atoms in total. The first kappa shape index (κ1) is 16.0. The quantitative estimate of drug-likeness (QED) is 0.929. The van der Waals surface area contributed by atoms with Crippen LogP contribution in [0.25, 0.3) is 11.3 Å². The predicted molar refractivity (Wildman–Crippen MR) is 93.9 cm³/mol. The molecule has 2 aromatic rings. The first-order chi connectivity index (χ1) is 12.1. The minimum atomic E-state index is -0.0744. The SMILES string of the molecule is CC(NC(=O)c1cn(C)nc1-c1ccc2c(c1)OCCCO2)C1CC1. The lowest BCUT2D eigenvalue weighted by Crippen LogP contribution is -2.34. The molecule has 1 fully saturated rings. The van der Waals surface area contributed by atoms with Gasteiger partial charge in [-0.2, -0.15) is 5.10 Å². The molecule has 1 unspecified atom stereocenters. The molecule has 0 bridgehead atoms. The molecule has 0 radical (unpaired) electrons. The summed E-state index contributed by atoms with van der Waals surface area (Å²) >= 11 is 0. The Morgan fingerprint density at radius 2 is 2.04 bits per heavy atom. The van der Waals surface area contributed by atoms with E-state index in [1.807, 2.05) is 25.2 Å². The van der Waals surface area contributed by atoms with E-state index in [1.165, 1.54) is 12.8 Å². The van der Waals surface area contributed by atoms with Crippen LogP contribution in [0.4, 0.5) is 0 Å². The molecule has 0 spiro atoms. The Balaban J connectivity index is 1.64. The van der Waals surface area contributed by atoms with Gasteiger partial charge >= 0.3 is 0 Å². The molecule has 1 aromatic carbocycles. The second kappa shape index (κ2) is 6.43. The first-order valence-electron chi connectivity index (χ1n) is 8.86. The molecule has 1 aromatic heterocycles. The molecular formula is C19H23N3O3. The van der Waals surface area contributed by atoms with Crippen LogP contribution in [0.3, 0.4) is 0 Å². The van der Waals surface area contributed by atoms with Gasteiger partial charge in [0.05, 0.1) is 18.8 Å². The normalized spacial score (nSPS) is 17.7. The number of aryl methyl sites for hydroxylation is 1. The molecule has 2 heterocycles. The average molecular weight is 341 g/mol. The van der Waals surface area contributed by atoms with Gasteiger partial charge < -0.3 is 14.8 Å². The van der Waals surface area contributed by atoms with Gasteiger partial charge in [0.25, 0.3) is 5.91 Å². The van der Waals surface area contributed by atoms with E-state index in [2.05, 4.69) is 17.3 Å². The second-order valence-electron chi connectivity index (χ2n) is 6.88. The van der Waals surface area contributed by atoms with Gasteiger partial charge in [-0.15, -0.1) is 0 Å². The summed E-state index contributed by atoms with van der Waals surface area (Å²) in [5.74, 6) is 1.99. The molecule has 1 saturated carbocycles. The van der Waals surface area contributed by atoms with E-state index >= 15 is 0 Å². The van der Waals surface area contributed by atoms with E-state index in [0.717, 1.165) is 17.7 Å². The van der Waals surface area contributed by atoms with Crippen LogP contribution in [-0.4, -0.2) is 34.9 Å². The highest BCUT2D eigenvalue weighted by atomic mass is 16.5. The van der Waals surface area contributed by atoms with Crippen molar-refractivity contribution in [2.24, 2.45) is 13.0 Å². The fraction of sp³-hybridized carbons (Fsp3) is 0.474. The molecule has 2 aliphatic rings. The highest BCUT2D eigenvalue weighted by Gasteiger charge is 2.30. The van der Waals surface area contributed by atoms with Crippen molar-refractivity contribution in [3.63, 3.8) is 0 Å². The molecule has 1 aliphatic heterocycles. The summed E-state index contributed by atoms with van der Waals surface area (Å²) in [6, 6.07) is 5.92. The fourth-order valence-electron chi connectivity index (χ4n) is 3.18. The lowest BCUT2D eigenvalue weighted by Gasteiger charge is -2.13. The van der Waals surface area contributed by atoms with Gasteiger partial charge in [-0.05, 0) is 43.9 Å². The van der Waals surface area contributed by atoms with Crippen molar-refractivity contribution in [1.29, 1.82) is 0 Å². The third-order valence-electron chi connectivity index (χ3n) is 4.78. The number of benzene rings is 1. The third kappa shape index (κ3) is 3.34. The van der Waals surface area contributed by atoms with Crippen LogP contribution in [0.15, 0.2) is 24.4 Å². The maximum absolute atomic E-state index is 12.7. The van der Waals surface area contributed by atoms with Crippen LogP contribution < -0.4 is 14.8 Å². The summed E-state index contributed by atoms with van der Waals surface area (Å²) in [6.45, 7) is 3.35. The number of fused-ring (bicyclic) bond motifs is 1. The molecule has 1 aliphatic carbocycles. The Labute approximate surface area is 147 Å². The molecule has 0 saturated heterocycles. The number of carbonyl (C=O) groups excluding carboxylic acids is 1. The van der Waals surface area contributed by atoms with E-state index in [1.54, 1.807) is 10.9 Å².